The molecule has 0 radical (unpaired) electrons. The van der Waals surface area contributed by atoms with Gasteiger partial charge in [0, 0.05) is 22.6 Å². The predicted octanol–water partition coefficient (Wildman–Crippen LogP) is 7.24. The Kier molecular flexibility index (Phi) is 4.85. The van der Waals surface area contributed by atoms with Gasteiger partial charge in [-0.25, -0.2) is 0 Å². The Bertz CT molecular complexity index is 1350. The molecule has 150 valence electrons. The Morgan fingerprint density at radius 1 is 0.645 bits per heavy atom. The quantitative estimate of drug-likeness (QED) is 0.317. The highest BCUT2D eigenvalue weighted by molar-refractivity contribution is 5.84. The van der Waals surface area contributed by atoms with E-state index in [-0.39, 0.29) is 5.43 Å². The fourth-order valence-corrected chi connectivity index (χ4v) is 3.81. The second kappa shape index (κ2) is 7.96. The lowest BCUT2D eigenvalue weighted by atomic mass is 10.0. The molecule has 0 saturated heterocycles. The van der Waals surface area contributed by atoms with E-state index in [1.807, 2.05) is 54.6 Å². The average Bonchev–Trinajstić information content (AvgIpc) is 2.83. The normalized spacial score (nSPS) is 10.9. The van der Waals surface area contributed by atoms with Crippen molar-refractivity contribution in [3.05, 3.63) is 125 Å². The Balaban J connectivity index is 1.55. The molecule has 0 amide bonds. The third kappa shape index (κ3) is 3.62. The molecule has 3 nitrogen and oxygen atoms in total. The molecule has 0 unspecified atom stereocenters. The first-order valence-electron chi connectivity index (χ1n) is 10.2. The summed E-state index contributed by atoms with van der Waals surface area (Å²) in [6, 6.07) is 34.8. The Labute approximate surface area is 180 Å². The van der Waals surface area contributed by atoms with Crippen molar-refractivity contribution in [1.29, 1.82) is 0 Å². The van der Waals surface area contributed by atoms with Crippen molar-refractivity contribution in [2.75, 3.05) is 4.90 Å². The van der Waals surface area contributed by atoms with Gasteiger partial charge < -0.3 is 9.32 Å². The Hall–Kier alpha value is -4.11. The topological polar surface area (TPSA) is 33.5 Å². The molecular weight excluding hydrogens is 382 g/mol. The van der Waals surface area contributed by atoms with E-state index in [1.54, 1.807) is 6.92 Å². The van der Waals surface area contributed by atoms with E-state index < -0.39 is 0 Å². The Morgan fingerprint density at radius 3 is 1.81 bits per heavy atom. The minimum Gasteiger partial charge on any atom is -0.464 e. The van der Waals surface area contributed by atoms with E-state index in [4.69, 9.17) is 4.42 Å². The zero-order valence-electron chi connectivity index (χ0n) is 17.2. The summed E-state index contributed by atoms with van der Waals surface area (Å²) < 4.78 is 5.65. The van der Waals surface area contributed by atoms with Crippen molar-refractivity contribution in [1.82, 2.24) is 0 Å². The van der Waals surface area contributed by atoms with Gasteiger partial charge in [0.2, 0.25) is 0 Å². The predicted molar refractivity (Wildman–Crippen MR) is 127 cm³/mol. The molecule has 1 heterocycles. The van der Waals surface area contributed by atoms with Gasteiger partial charge in [-0.3, -0.25) is 4.79 Å². The smallest absolute Gasteiger partial charge is 0.195 e. The molecule has 0 aliphatic heterocycles. The number of benzene rings is 4. The molecule has 0 fully saturated rings. The summed E-state index contributed by atoms with van der Waals surface area (Å²) in [6.07, 6.45) is 1.52. The van der Waals surface area contributed by atoms with Crippen molar-refractivity contribution in [2.24, 2.45) is 0 Å². The van der Waals surface area contributed by atoms with Crippen LogP contribution < -0.4 is 10.3 Å². The third-order valence-electron chi connectivity index (χ3n) is 5.43. The highest BCUT2D eigenvalue weighted by Crippen LogP contribution is 2.35. The maximum Gasteiger partial charge on any atom is 0.195 e. The van der Waals surface area contributed by atoms with E-state index in [9.17, 15) is 4.79 Å². The second-order valence-electron chi connectivity index (χ2n) is 7.51. The van der Waals surface area contributed by atoms with E-state index in [0.717, 1.165) is 28.2 Å². The molecule has 5 rings (SSSR count). The lowest BCUT2D eigenvalue weighted by Gasteiger charge is -2.25. The molecule has 0 aliphatic rings. The van der Waals surface area contributed by atoms with Gasteiger partial charge in [0.25, 0.3) is 0 Å². The minimum absolute atomic E-state index is 0.0181. The largest absolute Gasteiger partial charge is 0.464 e. The summed E-state index contributed by atoms with van der Waals surface area (Å²) in [4.78, 5) is 14.5. The zero-order valence-corrected chi connectivity index (χ0v) is 17.2. The lowest BCUT2D eigenvalue weighted by molar-refractivity contribution is 0.597. The van der Waals surface area contributed by atoms with Crippen molar-refractivity contribution >= 4 is 28.0 Å². The molecule has 31 heavy (non-hydrogen) atoms. The number of hydrogen-bond donors (Lipinski definition) is 0. The van der Waals surface area contributed by atoms with E-state index in [2.05, 4.69) is 53.4 Å². The van der Waals surface area contributed by atoms with Gasteiger partial charge in [-0.1, -0.05) is 54.6 Å². The van der Waals surface area contributed by atoms with Gasteiger partial charge in [0.05, 0.1) is 11.6 Å². The fraction of sp³-hybridized carbons (Fsp3) is 0.0357. The van der Waals surface area contributed by atoms with Crippen LogP contribution in [-0.2, 0) is 0 Å². The van der Waals surface area contributed by atoms with Crippen LogP contribution in [0.1, 0.15) is 5.56 Å². The summed E-state index contributed by atoms with van der Waals surface area (Å²) in [7, 11) is 0. The van der Waals surface area contributed by atoms with Gasteiger partial charge in [-0.05, 0) is 66.6 Å². The van der Waals surface area contributed by atoms with Gasteiger partial charge in [0.15, 0.2) is 5.43 Å². The molecule has 3 heteroatoms. The van der Waals surface area contributed by atoms with Crippen LogP contribution in [0.2, 0.25) is 0 Å². The third-order valence-corrected chi connectivity index (χ3v) is 5.43. The molecule has 0 bridgehead atoms. The van der Waals surface area contributed by atoms with Crippen LogP contribution in [0.5, 0.6) is 0 Å². The maximum atomic E-state index is 12.3. The number of hydrogen-bond acceptors (Lipinski definition) is 3. The van der Waals surface area contributed by atoms with Crippen molar-refractivity contribution in [2.45, 2.75) is 6.92 Å². The van der Waals surface area contributed by atoms with Crippen LogP contribution in [0, 0.1) is 6.92 Å². The second-order valence-corrected chi connectivity index (χ2v) is 7.51. The SMILES string of the molecule is Cc1coc2cc(-c3ccc(N(c4ccccc4)c4ccccc4)cc3)ccc2c1=O. The van der Waals surface area contributed by atoms with Crippen molar-refractivity contribution in [3.8, 4) is 11.1 Å². The average molecular weight is 403 g/mol. The number of fused-ring (bicyclic) bond motifs is 1. The summed E-state index contributed by atoms with van der Waals surface area (Å²) in [5.41, 5.74) is 6.59. The summed E-state index contributed by atoms with van der Waals surface area (Å²) in [6.45, 7) is 1.77. The van der Waals surface area contributed by atoms with E-state index in [0.29, 0.717) is 16.5 Å². The van der Waals surface area contributed by atoms with E-state index in [1.165, 1.54) is 6.26 Å². The molecule has 0 spiro atoms. The fourth-order valence-electron chi connectivity index (χ4n) is 3.81. The first-order chi connectivity index (χ1) is 15.2. The highest BCUT2D eigenvalue weighted by Gasteiger charge is 2.12. The summed E-state index contributed by atoms with van der Waals surface area (Å²) in [5, 5.41) is 0.611. The first-order valence-corrected chi connectivity index (χ1v) is 10.2. The van der Waals surface area contributed by atoms with Crippen molar-refractivity contribution < 1.29 is 4.42 Å². The zero-order chi connectivity index (χ0) is 21.2. The Morgan fingerprint density at radius 2 is 1.19 bits per heavy atom. The van der Waals surface area contributed by atoms with Crippen LogP contribution in [-0.4, -0.2) is 0 Å². The number of aryl methyl sites for hydroxylation is 1. The van der Waals surface area contributed by atoms with Crippen LogP contribution in [0.4, 0.5) is 17.1 Å². The molecule has 0 N–H and O–H groups in total. The number of anilines is 3. The molecule has 0 saturated carbocycles. The van der Waals surface area contributed by atoms with Crippen molar-refractivity contribution in [3.63, 3.8) is 0 Å². The number of nitrogens with zero attached hydrogens (tertiary/aromatic N) is 1. The van der Waals surface area contributed by atoms with Crippen LogP contribution in [0.25, 0.3) is 22.1 Å². The number of rotatable bonds is 4. The molecule has 4 aromatic carbocycles. The highest BCUT2D eigenvalue weighted by atomic mass is 16.3. The maximum absolute atomic E-state index is 12.3. The van der Waals surface area contributed by atoms with Crippen LogP contribution >= 0.6 is 0 Å². The summed E-state index contributed by atoms with van der Waals surface area (Å²) >= 11 is 0. The monoisotopic (exact) mass is 403 g/mol. The van der Waals surface area contributed by atoms with Crippen LogP contribution in [0.15, 0.2) is 119 Å². The van der Waals surface area contributed by atoms with Gasteiger partial charge in [0.1, 0.15) is 5.58 Å². The standard InChI is InChI=1S/C28H21NO2/c1-20-19-31-27-18-22(14-17-26(27)28(20)30)21-12-15-25(16-13-21)29(23-8-4-2-5-9-23)24-10-6-3-7-11-24/h2-19H,1H3. The van der Waals surface area contributed by atoms with Gasteiger partial charge >= 0.3 is 0 Å². The molecule has 0 atom stereocenters. The number of para-hydroxylation sites is 2. The molecule has 5 aromatic rings. The summed E-state index contributed by atoms with van der Waals surface area (Å²) in [5.74, 6) is 0. The van der Waals surface area contributed by atoms with Crippen LogP contribution in [0.3, 0.4) is 0 Å². The molecule has 0 aliphatic carbocycles. The lowest BCUT2D eigenvalue weighted by Crippen LogP contribution is -2.09. The van der Waals surface area contributed by atoms with Gasteiger partial charge in [-0.2, -0.15) is 0 Å². The van der Waals surface area contributed by atoms with E-state index >= 15 is 0 Å². The molecular formula is C28H21NO2. The minimum atomic E-state index is 0.0181. The molecule has 1 aromatic heterocycles. The first kappa shape index (κ1) is 18.9. The van der Waals surface area contributed by atoms with Gasteiger partial charge in [-0.15, -0.1) is 0 Å².